The Labute approximate surface area is 129 Å². The van der Waals surface area contributed by atoms with Crippen molar-refractivity contribution in [2.75, 3.05) is 20.1 Å². The number of amides is 1. The molecule has 1 aliphatic rings. The minimum atomic E-state index is 0.0897. The summed E-state index contributed by atoms with van der Waals surface area (Å²) in [7, 11) is 1.92. The number of H-pyrrole nitrogens is 1. The van der Waals surface area contributed by atoms with E-state index in [2.05, 4.69) is 20.5 Å². The molecule has 1 aliphatic heterocycles. The molecule has 6 heteroatoms. The van der Waals surface area contributed by atoms with Crippen LogP contribution in [0.5, 0.6) is 0 Å². The quantitative estimate of drug-likeness (QED) is 0.899. The Balaban J connectivity index is 1.84. The van der Waals surface area contributed by atoms with Gasteiger partial charge in [0.2, 0.25) is 0 Å². The summed E-state index contributed by atoms with van der Waals surface area (Å²) in [6.07, 6.45) is 2.13. The van der Waals surface area contributed by atoms with Gasteiger partial charge in [-0.05, 0) is 38.9 Å². The van der Waals surface area contributed by atoms with Crippen LogP contribution in [0.2, 0.25) is 0 Å². The zero-order valence-electron chi connectivity index (χ0n) is 13.0. The molecule has 0 radical (unpaired) electrons. The average Bonchev–Trinajstić information content (AvgIpc) is 3.16. The van der Waals surface area contributed by atoms with Crippen LogP contribution in [0.3, 0.4) is 0 Å². The minimum absolute atomic E-state index is 0.0897. The first-order valence-corrected chi connectivity index (χ1v) is 7.64. The van der Waals surface area contributed by atoms with Crippen LogP contribution in [0.25, 0.3) is 11.4 Å². The highest BCUT2D eigenvalue weighted by atomic mass is 16.2. The second-order valence-electron chi connectivity index (χ2n) is 5.68. The Morgan fingerprint density at radius 1 is 1.50 bits per heavy atom. The number of hydrogen-bond acceptors (Lipinski definition) is 4. The Hall–Kier alpha value is -2.21. The van der Waals surface area contributed by atoms with Crippen LogP contribution in [-0.4, -0.2) is 52.2 Å². The van der Waals surface area contributed by atoms with Gasteiger partial charge in [-0.25, -0.2) is 4.98 Å². The third-order valence-electron chi connectivity index (χ3n) is 4.04. The highest BCUT2D eigenvalue weighted by molar-refractivity contribution is 5.95. The normalized spacial score (nSPS) is 17.9. The van der Waals surface area contributed by atoms with Gasteiger partial charge in [-0.2, -0.15) is 5.10 Å². The number of nitrogens with one attached hydrogen (secondary N) is 2. The summed E-state index contributed by atoms with van der Waals surface area (Å²) in [4.78, 5) is 19.1. The molecule has 0 saturated carbocycles. The molecule has 0 aliphatic carbocycles. The molecule has 3 rings (SSSR count). The summed E-state index contributed by atoms with van der Waals surface area (Å²) in [5, 5.41) is 10.2. The Kier molecular flexibility index (Phi) is 4.20. The van der Waals surface area contributed by atoms with Crippen molar-refractivity contribution in [1.82, 2.24) is 25.4 Å². The van der Waals surface area contributed by atoms with E-state index in [0.717, 1.165) is 37.3 Å². The molecule has 0 spiro atoms. The molecule has 116 valence electrons. The Morgan fingerprint density at radius 2 is 2.36 bits per heavy atom. The Morgan fingerprint density at radius 3 is 3.09 bits per heavy atom. The second kappa shape index (κ2) is 6.27. The number of carbonyl (C=O) groups excluding carboxylic acids is 1. The van der Waals surface area contributed by atoms with Gasteiger partial charge in [0, 0.05) is 30.3 Å². The van der Waals surface area contributed by atoms with Gasteiger partial charge in [-0.15, -0.1) is 0 Å². The van der Waals surface area contributed by atoms with Gasteiger partial charge in [0.25, 0.3) is 5.91 Å². The van der Waals surface area contributed by atoms with E-state index < -0.39 is 0 Å². The summed E-state index contributed by atoms with van der Waals surface area (Å²) < 4.78 is 0. The molecule has 2 N–H and O–H groups in total. The van der Waals surface area contributed by atoms with Crippen molar-refractivity contribution in [2.45, 2.75) is 25.8 Å². The van der Waals surface area contributed by atoms with Crippen LogP contribution in [-0.2, 0) is 0 Å². The number of likely N-dealkylation sites (N-methyl/N-ethyl adjacent to an activating group) is 1. The topological polar surface area (TPSA) is 73.9 Å². The van der Waals surface area contributed by atoms with Gasteiger partial charge in [0.15, 0.2) is 5.82 Å². The van der Waals surface area contributed by atoms with Gasteiger partial charge in [0.1, 0.15) is 5.82 Å². The minimum Gasteiger partial charge on any atom is -0.334 e. The number of rotatable bonds is 4. The first-order chi connectivity index (χ1) is 10.7. The molecule has 2 heterocycles. The second-order valence-corrected chi connectivity index (χ2v) is 5.68. The molecular weight excluding hydrogens is 278 g/mol. The molecule has 1 aromatic heterocycles. The maximum Gasteiger partial charge on any atom is 0.254 e. The number of nitrogens with zero attached hydrogens (tertiary/aromatic N) is 3. The number of likely N-dealkylation sites (tertiary alicyclic amines) is 1. The van der Waals surface area contributed by atoms with Gasteiger partial charge >= 0.3 is 0 Å². The molecule has 2 aromatic rings. The molecule has 1 fully saturated rings. The van der Waals surface area contributed by atoms with Crippen LogP contribution in [0.1, 0.15) is 29.0 Å². The molecular formula is C16H21N5O. The first-order valence-electron chi connectivity index (χ1n) is 7.64. The van der Waals surface area contributed by atoms with Crippen molar-refractivity contribution >= 4 is 5.91 Å². The van der Waals surface area contributed by atoms with E-state index in [1.54, 1.807) is 0 Å². The first kappa shape index (κ1) is 14.7. The summed E-state index contributed by atoms with van der Waals surface area (Å²) in [6.45, 7) is 3.53. The standard InChI is InChI=1S/C16H21N5O/c1-11-18-15(20-19-11)12-5-3-6-13(9-12)16(22)21-8-4-7-14(21)10-17-2/h3,5-6,9,14,17H,4,7-8,10H2,1-2H3,(H,18,19,20). The molecule has 1 aromatic carbocycles. The zero-order valence-corrected chi connectivity index (χ0v) is 13.0. The van der Waals surface area contributed by atoms with E-state index in [9.17, 15) is 4.79 Å². The van der Waals surface area contributed by atoms with Crippen molar-refractivity contribution in [3.05, 3.63) is 35.7 Å². The van der Waals surface area contributed by atoms with Gasteiger partial charge < -0.3 is 10.2 Å². The van der Waals surface area contributed by atoms with E-state index in [-0.39, 0.29) is 11.9 Å². The predicted octanol–water partition coefficient (Wildman–Crippen LogP) is 1.60. The van der Waals surface area contributed by atoms with E-state index in [4.69, 9.17) is 0 Å². The van der Waals surface area contributed by atoms with Gasteiger partial charge in [-0.1, -0.05) is 12.1 Å². The van der Waals surface area contributed by atoms with Crippen LogP contribution in [0.4, 0.5) is 0 Å². The third-order valence-corrected chi connectivity index (χ3v) is 4.04. The van der Waals surface area contributed by atoms with Crippen LogP contribution in [0.15, 0.2) is 24.3 Å². The monoisotopic (exact) mass is 299 g/mol. The highest BCUT2D eigenvalue weighted by Crippen LogP contribution is 2.22. The van der Waals surface area contributed by atoms with Crippen molar-refractivity contribution < 1.29 is 4.79 Å². The lowest BCUT2D eigenvalue weighted by Gasteiger charge is -2.24. The molecule has 1 amide bonds. The molecule has 1 atom stereocenters. The zero-order chi connectivity index (χ0) is 15.5. The third kappa shape index (κ3) is 2.87. The van der Waals surface area contributed by atoms with Crippen LogP contribution >= 0.6 is 0 Å². The van der Waals surface area contributed by atoms with Crippen molar-refractivity contribution in [3.8, 4) is 11.4 Å². The molecule has 22 heavy (non-hydrogen) atoms. The predicted molar refractivity (Wildman–Crippen MR) is 84.5 cm³/mol. The molecule has 6 nitrogen and oxygen atoms in total. The van der Waals surface area contributed by atoms with E-state index in [0.29, 0.717) is 11.4 Å². The number of aryl methyl sites for hydroxylation is 1. The van der Waals surface area contributed by atoms with E-state index in [1.165, 1.54) is 0 Å². The highest BCUT2D eigenvalue weighted by Gasteiger charge is 2.28. The molecule has 1 saturated heterocycles. The number of aromatic amines is 1. The van der Waals surface area contributed by atoms with Crippen molar-refractivity contribution in [1.29, 1.82) is 0 Å². The van der Waals surface area contributed by atoms with E-state index >= 15 is 0 Å². The van der Waals surface area contributed by atoms with Crippen molar-refractivity contribution in [3.63, 3.8) is 0 Å². The van der Waals surface area contributed by atoms with Crippen LogP contribution in [0, 0.1) is 6.92 Å². The maximum atomic E-state index is 12.8. The maximum absolute atomic E-state index is 12.8. The van der Waals surface area contributed by atoms with Gasteiger partial charge in [0.05, 0.1) is 0 Å². The average molecular weight is 299 g/mol. The van der Waals surface area contributed by atoms with Crippen molar-refractivity contribution in [2.24, 2.45) is 0 Å². The SMILES string of the molecule is CNCC1CCCN1C(=O)c1cccc(-c2n[nH]c(C)n2)c1. The Bertz CT molecular complexity index is 666. The fourth-order valence-electron chi connectivity index (χ4n) is 2.98. The number of hydrogen-bond donors (Lipinski definition) is 2. The lowest BCUT2D eigenvalue weighted by Crippen LogP contribution is -2.40. The molecule has 1 unspecified atom stereocenters. The van der Waals surface area contributed by atoms with Crippen LogP contribution < -0.4 is 5.32 Å². The number of aromatic nitrogens is 3. The molecule has 0 bridgehead atoms. The van der Waals surface area contributed by atoms with E-state index in [1.807, 2.05) is 43.1 Å². The summed E-state index contributed by atoms with van der Waals surface area (Å²) in [6, 6.07) is 7.83. The number of carbonyl (C=O) groups is 1. The van der Waals surface area contributed by atoms with Gasteiger partial charge in [-0.3, -0.25) is 9.89 Å². The lowest BCUT2D eigenvalue weighted by molar-refractivity contribution is 0.0737. The fourth-order valence-corrected chi connectivity index (χ4v) is 2.98. The summed E-state index contributed by atoms with van der Waals surface area (Å²) in [5.74, 6) is 1.48. The lowest BCUT2D eigenvalue weighted by atomic mass is 10.1. The summed E-state index contributed by atoms with van der Waals surface area (Å²) >= 11 is 0. The fraction of sp³-hybridized carbons (Fsp3) is 0.438. The summed E-state index contributed by atoms with van der Waals surface area (Å²) in [5.41, 5.74) is 1.56. The smallest absolute Gasteiger partial charge is 0.254 e. The number of benzene rings is 1. The largest absolute Gasteiger partial charge is 0.334 e.